The summed E-state index contributed by atoms with van der Waals surface area (Å²) in [5.41, 5.74) is 1.46. The molecule has 148 valence electrons. The molecule has 1 amide bonds. The molecular weight excluding hydrogens is 359 g/mol. The lowest BCUT2D eigenvalue weighted by atomic mass is 10.0. The highest BCUT2D eigenvalue weighted by molar-refractivity contribution is 5.93. The van der Waals surface area contributed by atoms with Gasteiger partial charge in [0.15, 0.2) is 0 Å². The number of halogens is 1. The highest BCUT2D eigenvalue weighted by Crippen LogP contribution is 2.25. The zero-order valence-electron chi connectivity index (χ0n) is 16.2. The summed E-state index contributed by atoms with van der Waals surface area (Å²) < 4.78 is 19.4. The van der Waals surface area contributed by atoms with Crippen LogP contribution in [-0.4, -0.2) is 36.0 Å². The Kier molecular flexibility index (Phi) is 6.41. The Labute approximate surface area is 164 Å². The molecule has 0 aromatic heterocycles. The van der Waals surface area contributed by atoms with E-state index in [4.69, 9.17) is 4.74 Å². The summed E-state index contributed by atoms with van der Waals surface area (Å²) in [6, 6.07) is 14.1. The van der Waals surface area contributed by atoms with Gasteiger partial charge in [-0.15, -0.1) is 0 Å². The minimum atomic E-state index is -0.591. The maximum absolute atomic E-state index is 13.8. The van der Waals surface area contributed by atoms with E-state index in [9.17, 15) is 14.0 Å². The largest absolute Gasteiger partial charge is 0.459 e. The van der Waals surface area contributed by atoms with Gasteiger partial charge < -0.3 is 10.1 Å². The number of nitrogens with one attached hydrogen (secondary N) is 1. The molecule has 1 N–H and O–H groups in total. The number of rotatable bonds is 6. The predicted octanol–water partition coefficient (Wildman–Crippen LogP) is 3.85. The Morgan fingerprint density at radius 3 is 2.71 bits per heavy atom. The molecule has 1 heterocycles. The average molecular weight is 384 g/mol. The first kappa shape index (κ1) is 20.0. The number of benzene rings is 2. The van der Waals surface area contributed by atoms with Crippen LogP contribution < -0.4 is 5.32 Å². The SMILES string of the molecule is CC(=O)Nc1cc(C(=O)O[C@H](C)[C@H]2CCN(Cc3ccccc3)C2)ccc1F. The van der Waals surface area contributed by atoms with Gasteiger partial charge in [0.25, 0.3) is 0 Å². The third kappa shape index (κ3) is 5.16. The number of ether oxygens (including phenoxy) is 1. The molecule has 2 atom stereocenters. The van der Waals surface area contributed by atoms with Crippen molar-refractivity contribution < 1.29 is 18.7 Å². The number of esters is 1. The van der Waals surface area contributed by atoms with Gasteiger partial charge in [0, 0.05) is 25.9 Å². The van der Waals surface area contributed by atoms with Gasteiger partial charge in [0.1, 0.15) is 11.9 Å². The van der Waals surface area contributed by atoms with E-state index in [2.05, 4.69) is 22.3 Å². The minimum Gasteiger partial charge on any atom is -0.459 e. The van der Waals surface area contributed by atoms with Crippen LogP contribution in [0.1, 0.15) is 36.2 Å². The zero-order valence-corrected chi connectivity index (χ0v) is 16.2. The first-order chi connectivity index (χ1) is 13.4. The summed E-state index contributed by atoms with van der Waals surface area (Å²) in [7, 11) is 0. The molecule has 0 radical (unpaired) electrons. The van der Waals surface area contributed by atoms with Gasteiger partial charge in [-0.1, -0.05) is 30.3 Å². The highest BCUT2D eigenvalue weighted by Gasteiger charge is 2.29. The summed E-state index contributed by atoms with van der Waals surface area (Å²) in [5, 5.41) is 2.38. The summed E-state index contributed by atoms with van der Waals surface area (Å²) >= 11 is 0. The summed E-state index contributed by atoms with van der Waals surface area (Å²) in [5.74, 6) is -1.25. The maximum Gasteiger partial charge on any atom is 0.338 e. The number of hydrogen-bond acceptors (Lipinski definition) is 4. The molecule has 1 fully saturated rings. The first-order valence-corrected chi connectivity index (χ1v) is 9.47. The van der Waals surface area contributed by atoms with Crippen molar-refractivity contribution in [2.75, 3.05) is 18.4 Å². The molecule has 6 heteroatoms. The first-order valence-electron chi connectivity index (χ1n) is 9.47. The predicted molar refractivity (Wildman–Crippen MR) is 105 cm³/mol. The summed E-state index contributed by atoms with van der Waals surface area (Å²) in [4.78, 5) is 26.0. The smallest absolute Gasteiger partial charge is 0.338 e. The van der Waals surface area contributed by atoms with Gasteiger partial charge in [-0.3, -0.25) is 9.69 Å². The molecule has 5 nitrogen and oxygen atoms in total. The van der Waals surface area contributed by atoms with Crippen LogP contribution in [0.2, 0.25) is 0 Å². The molecule has 0 bridgehead atoms. The molecule has 1 aliphatic heterocycles. The van der Waals surface area contributed by atoms with E-state index in [0.717, 1.165) is 32.1 Å². The van der Waals surface area contributed by atoms with Crippen molar-refractivity contribution in [1.82, 2.24) is 4.90 Å². The van der Waals surface area contributed by atoms with Crippen molar-refractivity contribution in [2.45, 2.75) is 32.9 Å². The van der Waals surface area contributed by atoms with Crippen molar-refractivity contribution in [3.8, 4) is 0 Å². The zero-order chi connectivity index (χ0) is 20.1. The number of carbonyl (C=O) groups is 2. The number of likely N-dealkylation sites (tertiary alicyclic amines) is 1. The van der Waals surface area contributed by atoms with E-state index in [1.807, 2.05) is 25.1 Å². The molecule has 3 rings (SSSR count). The van der Waals surface area contributed by atoms with Crippen molar-refractivity contribution in [1.29, 1.82) is 0 Å². The monoisotopic (exact) mass is 384 g/mol. The van der Waals surface area contributed by atoms with Gasteiger partial charge >= 0.3 is 5.97 Å². The Hall–Kier alpha value is -2.73. The van der Waals surface area contributed by atoms with Gasteiger partial charge in [-0.05, 0) is 43.7 Å². The Morgan fingerprint density at radius 2 is 2.00 bits per heavy atom. The second kappa shape index (κ2) is 8.97. The summed E-state index contributed by atoms with van der Waals surface area (Å²) in [6.07, 6.45) is 0.713. The molecule has 2 aromatic carbocycles. The lowest BCUT2D eigenvalue weighted by Gasteiger charge is -2.21. The molecule has 0 unspecified atom stereocenters. The Bertz CT molecular complexity index is 841. The van der Waals surface area contributed by atoms with Gasteiger partial charge in [0.05, 0.1) is 11.3 Å². The molecule has 1 saturated heterocycles. The molecule has 2 aromatic rings. The lowest BCUT2D eigenvalue weighted by molar-refractivity contribution is -0.114. The second-order valence-corrected chi connectivity index (χ2v) is 7.26. The molecule has 0 saturated carbocycles. The number of amides is 1. The molecule has 0 aliphatic carbocycles. The molecule has 0 spiro atoms. The van der Waals surface area contributed by atoms with Crippen LogP contribution in [0.5, 0.6) is 0 Å². The lowest BCUT2D eigenvalue weighted by Crippen LogP contribution is -2.27. The quantitative estimate of drug-likeness (QED) is 0.769. The molecule has 28 heavy (non-hydrogen) atoms. The summed E-state index contributed by atoms with van der Waals surface area (Å²) in [6.45, 7) is 5.89. The van der Waals surface area contributed by atoms with Crippen molar-refractivity contribution in [3.05, 3.63) is 65.5 Å². The van der Waals surface area contributed by atoms with Crippen LogP contribution >= 0.6 is 0 Å². The fourth-order valence-electron chi connectivity index (χ4n) is 3.50. The van der Waals surface area contributed by atoms with Crippen molar-refractivity contribution >= 4 is 17.6 Å². The van der Waals surface area contributed by atoms with Crippen LogP contribution in [-0.2, 0) is 16.1 Å². The minimum absolute atomic E-state index is 0.0236. The number of nitrogens with zero attached hydrogens (tertiary/aromatic N) is 1. The van der Waals surface area contributed by atoms with Crippen molar-refractivity contribution in [2.24, 2.45) is 5.92 Å². The topological polar surface area (TPSA) is 58.6 Å². The van der Waals surface area contributed by atoms with Crippen LogP contribution in [0.3, 0.4) is 0 Å². The fourth-order valence-corrected chi connectivity index (χ4v) is 3.50. The fraction of sp³-hybridized carbons (Fsp3) is 0.364. The average Bonchev–Trinajstić information content (AvgIpc) is 3.12. The second-order valence-electron chi connectivity index (χ2n) is 7.26. The Balaban J connectivity index is 1.56. The number of carbonyl (C=O) groups excluding carboxylic acids is 2. The highest BCUT2D eigenvalue weighted by atomic mass is 19.1. The van der Waals surface area contributed by atoms with Gasteiger partial charge in [0.2, 0.25) is 5.91 Å². The third-order valence-electron chi connectivity index (χ3n) is 5.03. The van der Waals surface area contributed by atoms with Crippen LogP contribution in [0.15, 0.2) is 48.5 Å². The van der Waals surface area contributed by atoms with Crippen LogP contribution in [0, 0.1) is 11.7 Å². The van der Waals surface area contributed by atoms with E-state index in [1.54, 1.807) is 0 Å². The van der Waals surface area contributed by atoms with E-state index in [-0.39, 0.29) is 23.3 Å². The van der Waals surface area contributed by atoms with Crippen LogP contribution in [0.4, 0.5) is 10.1 Å². The van der Waals surface area contributed by atoms with Crippen molar-refractivity contribution in [3.63, 3.8) is 0 Å². The van der Waals surface area contributed by atoms with Gasteiger partial charge in [-0.2, -0.15) is 0 Å². The Morgan fingerprint density at radius 1 is 1.25 bits per heavy atom. The van der Waals surface area contributed by atoms with E-state index in [1.165, 1.54) is 24.6 Å². The maximum atomic E-state index is 13.8. The third-order valence-corrected chi connectivity index (χ3v) is 5.03. The van der Waals surface area contributed by atoms with Crippen LogP contribution in [0.25, 0.3) is 0 Å². The molecular formula is C22H25FN2O3. The van der Waals surface area contributed by atoms with E-state index >= 15 is 0 Å². The molecule has 1 aliphatic rings. The standard InChI is InChI=1S/C22H25FN2O3/c1-15(19-10-11-25(14-19)13-17-6-4-3-5-7-17)28-22(27)18-8-9-20(23)21(12-18)24-16(2)26/h3-9,12,15,19H,10-11,13-14H2,1-2H3,(H,24,26)/t15-,19+/m1/s1. The van der Waals surface area contributed by atoms with E-state index in [0.29, 0.717) is 0 Å². The number of hydrogen-bond donors (Lipinski definition) is 1. The van der Waals surface area contributed by atoms with Gasteiger partial charge in [-0.25, -0.2) is 9.18 Å². The normalized spacial score (nSPS) is 17.9. The number of anilines is 1. The van der Waals surface area contributed by atoms with E-state index < -0.39 is 17.7 Å².